The summed E-state index contributed by atoms with van der Waals surface area (Å²) in [6.07, 6.45) is -2.55. The van der Waals surface area contributed by atoms with Gasteiger partial charge in [-0.05, 0) is 43.0 Å². The topological polar surface area (TPSA) is 49.4 Å². The molecule has 4 rings (SSSR count). The Morgan fingerprint density at radius 3 is 2.48 bits per heavy atom. The highest BCUT2D eigenvalue weighted by Gasteiger charge is 2.46. The zero-order chi connectivity index (χ0) is 22.3. The van der Waals surface area contributed by atoms with Crippen molar-refractivity contribution < 1.29 is 27.2 Å². The van der Waals surface area contributed by atoms with Gasteiger partial charge in [-0.15, -0.1) is 0 Å². The lowest BCUT2D eigenvalue weighted by atomic mass is 9.78. The van der Waals surface area contributed by atoms with E-state index in [4.69, 9.17) is 11.6 Å². The van der Waals surface area contributed by atoms with Crippen LogP contribution in [-0.2, 0) is 15.8 Å². The van der Waals surface area contributed by atoms with Crippen molar-refractivity contribution in [3.63, 3.8) is 0 Å². The molecule has 9 heteroatoms. The third kappa shape index (κ3) is 4.39. The minimum Gasteiger partial charge on any atom is -0.339 e. The molecule has 0 bridgehead atoms. The number of halogens is 5. The van der Waals surface area contributed by atoms with Crippen LogP contribution in [0.2, 0.25) is 5.02 Å². The Labute approximate surface area is 181 Å². The molecule has 4 nitrogen and oxygen atoms in total. The maximum absolute atomic E-state index is 14.3. The Morgan fingerprint density at radius 1 is 1.10 bits per heavy atom. The molecule has 1 saturated heterocycles. The number of piperidine rings is 1. The first kappa shape index (κ1) is 21.6. The molecule has 2 atom stereocenters. The smallest absolute Gasteiger partial charge is 0.339 e. The predicted molar refractivity (Wildman–Crippen MR) is 107 cm³/mol. The molecule has 2 amide bonds. The first-order valence-electron chi connectivity index (χ1n) is 9.89. The van der Waals surface area contributed by atoms with E-state index in [2.05, 4.69) is 5.32 Å². The van der Waals surface area contributed by atoms with Gasteiger partial charge in [-0.25, -0.2) is 4.39 Å². The molecule has 0 radical (unpaired) electrons. The van der Waals surface area contributed by atoms with Crippen LogP contribution in [0.15, 0.2) is 42.5 Å². The van der Waals surface area contributed by atoms with E-state index in [1.54, 1.807) is 4.90 Å². The fraction of sp³-hybridized carbons (Fsp3) is 0.364. The monoisotopic (exact) mass is 454 g/mol. The first-order valence-corrected chi connectivity index (χ1v) is 10.3. The molecule has 1 aliphatic carbocycles. The van der Waals surface area contributed by atoms with E-state index >= 15 is 0 Å². The van der Waals surface area contributed by atoms with Gasteiger partial charge in [0.15, 0.2) is 5.82 Å². The molecule has 2 aromatic rings. The minimum absolute atomic E-state index is 0.0492. The van der Waals surface area contributed by atoms with Crippen LogP contribution in [-0.4, -0.2) is 29.3 Å². The molecule has 1 heterocycles. The maximum atomic E-state index is 14.3. The van der Waals surface area contributed by atoms with Crippen molar-refractivity contribution in [2.45, 2.75) is 37.4 Å². The Balaban J connectivity index is 1.68. The largest absolute Gasteiger partial charge is 0.416 e. The lowest BCUT2D eigenvalue weighted by molar-refractivity contribution is -0.145. The molecule has 0 spiro atoms. The summed E-state index contributed by atoms with van der Waals surface area (Å²) in [6, 6.07) is 8.80. The summed E-state index contributed by atoms with van der Waals surface area (Å²) >= 11 is 5.76. The average molecular weight is 455 g/mol. The van der Waals surface area contributed by atoms with E-state index in [0.717, 1.165) is 25.0 Å². The SMILES string of the molecule is O=C(Nc1cccc(Cl)c1F)[C@H]1C(=O)N(C2CC2)CC[C@@H]1c1cccc(C(F)(F)F)c1. The molecule has 1 saturated carbocycles. The minimum atomic E-state index is -4.55. The Hall–Kier alpha value is -2.61. The van der Waals surface area contributed by atoms with E-state index in [1.165, 1.54) is 30.3 Å². The molecular weight excluding hydrogens is 436 g/mol. The summed E-state index contributed by atoms with van der Waals surface area (Å²) < 4.78 is 53.9. The number of hydrogen-bond acceptors (Lipinski definition) is 2. The second-order valence-electron chi connectivity index (χ2n) is 7.85. The van der Waals surface area contributed by atoms with Crippen molar-refractivity contribution in [1.29, 1.82) is 0 Å². The number of nitrogens with zero attached hydrogens (tertiary/aromatic N) is 1. The third-order valence-corrected chi connectivity index (χ3v) is 6.05. The van der Waals surface area contributed by atoms with Crippen LogP contribution < -0.4 is 5.32 Å². The zero-order valence-corrected chi connectivity index (χ0v) is 17.0. The first-order chi connectivity index (χ1) is 14.7. The van der Waals surface area contributed by atoms with Gasteiger partial charge in [-0.1, -0.05) is 35.9 Å². The number of carbonyl (C=O) groups is 2. The molecule has 2 fully saturated rings. The second-order valence-corrected chi connectivity index (χ2v) is 8.26. The van der Waals surface area contributed by atoms with Gasteiger partial charge in [-0.2, -0.15) is 13.2 Å². The van der Waals surface area contributed by atoms with Gasteiger partial charge in [0, 0.05) is 18.5 Å². The Morgan fingerprint density at radius 2 is 1.81 bits per heavy atom. The van der Waals surface area contributed by atoms with Gasteiger partial charge < -0.3 is 10.2 Å². The lowest BCUT2D eigenvalue weighted by Gasteiger charge is -2.37. The van der Waals surface area contributed by atoms with Crippen LogP contribution in [0.4, 0.5) is 23.2 Å². The number of hydrogen-bond donors (Lipinski definition) is 1. The lowest BCUT2D eigenvalue weighted by Crippen LogP contribution is -2.50. The standard InChI is InChI=1S/C22H19ClF4N2O2/c23-16-5-2-6-17(19(16)24)28-20(30)18-15(9-10-29(21(18)31)14-7-8-14)12-3-1-4-13(11-12)22(25,26)27/h1-6,11,14-15,18H,7-10H2,(H,28,30)/t15-,18+/m1/s1. The van der Waals surface area contributed by atoms with Crippen molar-refractivity contribution in [2.24, 2.45) is 5.92 Å². The maximum Gasteiger partial charge on any atom is 0.416 e. The number of carbonyl (C=O) groups excluding carboxylic acids is 2. The average Bonchev–Trinajstić information content (AvgIpc) is 3.55. The third-order valence-electron chi connectivity index (χ3n) is 5.75. The molecule has 1 aliphatic heterocycles. The highest BCUT2D eigenvalue weighted by Crippen LogP contribution is 2.41. The highest BCUT2D eigenvalue weighted by atomic mass is 35.5. The summed E-state index contributed by atoms with van der Waals surface area (Å²) in [4.78, 5) is 27.9. The van der Waals surface area contributed by atoms with E-state index in [-0.39, 0.29) is 22.3 Å². The van der Waals surface area contributed by atoms with Crippen LogP contribution in [0, 0.1) is 11.7 Å². The van der Waals surface area contributed by atoms with E-state index in [0.29, 0.717) is 13.0 Å². The molecule has 2 aromatic carbocycles. The summed E-state index contributed by atoms with van der Waals surface area (Å²) in [5.41, 5.74) is -0.774. The number of rotatable bonds is 4. The molecule has 0 unspecified atom stereocenters. The van der Waals surface area contributed by atoms with Crippen molar-refractivity contribution in [3.8, 4) is 0 Å². The summed E-state index contributed by atoms with van der Waals surface area (Å²) in [6.45, 7) is 0.361. The number of amides is 2. The van der Waals surface area contributed by atoms with Gasteiger partial charge in [0.05, 0.1) is 16.3 Å². The highest BCUT2D eigenvalue weighted by molar-refractivity contribution is 6.31. The number of anilines is 1. The molecular formula is C22H19ClF4N2O2. The van der Waals surface area contributed by atoms with Gasteiger partial charge in [0.1, 0.15) is 5.92 Å². The van der Waals surface area contributed by atoms with Gasteiger partial charge in [0.25, 0.3) is 0 Å². The zero-order valence-electron chi connectivity index (χ0n) is 16.3. The van der Waals surface area contributed by atoms with Gasteiger partial charge in [0.2, 0.25) is 11.8 Å². The molecule has 164 valence electrons. The summed E-state index contributed by atoms with van der Waals surface area (Å²) in [7, 11) is 0. The van der Waals surface area contributed by atoms with Crippen LogP contribution in [0.25, 0.3) is 0 Å². The number of nitrogens with one attached hydrogen (secondary N) is 1. The summed E-state index contributed by atoms with van der Waals surface area (Å²) in [5, 5.41) is 2.21. The molecule has 2 aliphatic rings. The second kappa shape index (κ2) is 8.15. The number of benzene rings is 2. The number of likely N-dealkylation sites (tertiary alicyclic amines) is 1. The Bertz CT molecular complexity index is 1020. The number of alkyl halides is 3. The molecule has 0 aromatic heterocycles. The summed E-state index contributed by atoms with van der Waals surface area (Å²) in [5.74, 6) is -4.08. The van der Waals surface area contributed by atoms with Crippen molar-refractivity contribution >= 4 is 29.1 Å². The molecule has 31 heavy (non-hydrogen) atoms. The predicted octanol–water partition coefficient (Wildman–Crippen LogP) is 5.23. The Kier molecular flexibility index (Phi) is 5.68. The van der Waals surface area contributed by atoms with Crippen molar-refractivity contribution in [3.05, 3.63) is 64.4 Å². The van der Waals surface area contributed by atoms with Crippen LogP contribution in [0.5, 0.6) is 0 Å². The van der Waals surface area contributed by atoms with E-state index in [1.807, 2.05) is 0 Å². The van der Waals surface area contributed by atoms with Crippen LogP contribution in [0.3, 0.4) is 0 Å². The van der Waals surface area contributed by atoms with E-state index in [9.17, 15) is 27.2 Å². The van der Waals surface area contributed by atoms with Crippen molar-refractivity contribution in [1.82, 2.24) is 4.90 Å². The van der Waals surface area contributed by atoms with Crippen LogP contribution in [0.1, 0.15) is 36.3 Å². The van der Waals surface area contributed by atoms with Gasteiger partial charge >= 0.3 is 6.18 Å². The van der Waals surface area contributed by atoms with Crippen LogP contribution >= 0.6 is 11.6 Å². The van der Waals surface area contributed by atoms with Crippen molar-refractivity contribution in [2.75, 3.05) is 11.9 Å². The van der Waals surface area contributed by atoms with Gasteiger partial charge in [-0.3, -0.25) is 9.59 Å². The molecule has 1 N–H and O–H groups in total. The quantitative estimate of drug-likeness (QED) is 0.508. The normalized spacial score (nSPS) is 21.8. The van der Waals surface area contributed by atoms with E-state index < -0.39 is 41.2 Å². The fourth-order valence-electron chi connectivity index (χ4n) is 4.06. The fourth-order valence-corrected chi connectivity index (χ4v) is 4.24.